The molecular formula is C13H19NO5. The number of rotatable bonds is 6. The molecule has 1 rings (SSSR count). The Hall–Kier alpha value is -1.66. The summed E-state index contributed by atoms with van der Waals surface area (Å²) in [7, 11) is 1.54. The zero-order chi connectivity index (χ0) is 14.5. The first-order valence-corrected chi connectivity index (χ1v) is 5.92. The highest BCUT2D eigenvalue weighted by Gasteiger charge is 2.23. The molecule has 6 nitrogen and oxygen atoms in total. The molecule has 0 heterocycles. The number of hydrogen-bond acceptors (Lipinski definition) is 5. The van der Waals surface area contributed by atoms with Gasteiger partial charge < -0.3 is 4.74 Å². The molecular weight excluding hydrogens is 250 g/mol. The fourth-order valence-electron chi connectivity index (χ4n) is 1.37. The van der Waals surface area contributed by atoms with Crippen molar-refractivity contribution in [3.8, 4) is 5.75 Å². The standard InChI is InChI=1S/C13H19NO5/c1-13(2,3)19-18-12(9-14(15)16)10-6-5-7-11(8-10)17-4/h5-8,12H,9H2,1-4H3/t12-/m1/s1. The van der Waals surface area contributed by atoms with Gasteiger partial charge in [0.05, 0.1) is 12.7 Å². The van der Waals surface area contributed by atoms with E-state index in [1.54, 1.807) is 24.3 Å². The van der Waals surface area contributed by atoms with Crippen LogP contribution in [0.2, 0.25) is 0 Å². The van der Waals surface area contributed by atoms with Crippen LogP contribution in [0, 0.1) is 10.1 Å². The number of nitrogens with zero attached hydrogens (tertiary/aromatic N) is 1. The van der Waals surface area contributed by atoms with Crippen LogP contribution in [0.1, 0.15) is 32.4 Å². The molecule has 19 heavy (non-hydrogen) atoms. The van der Waals surface area contributed by atoms with Gasteiger partial charge in [0.2, 0.25) is 6.54 Å². The molecule has 0 bridgehead atoms. The third-order valence-electron chi connectivity index (χ3n) is 2.19. The lowest BCUT2D eigenvalue weighted by atomic mass is 10.1. The van der Waals surface area contributed by atoms with E-state index in [4.69, 9.17) is 14.5 Å². The van der Waals surface area contributed by atoms with Crippen LogP contribution in [0.15, 0.2) is 24.3 Å². The molecule has 0 saturated heterocycles. The van der Waals surface area contributed by atoms with Crippen molar-refractivity contribution in [2.45, 2.75) is 32.5 Å². The molecule has 6 heteroatoms. The average Bonchev–Trinajstić information content (AvgIpc) is 2.33. The Labute approximate surface area is 112 Å². The maximum absolute atomic E-state index is 10.7. The van der Waals surface area contributed by atoms with E-state index in [0.29, 0.717) is 11.3 Å². The van der Waals surface area contributed by atoms with E-state index < -0.39 is 16.6 Å². The van der Waals surface area contributed by atoms with Crippen LogP contribution in [-0.4, -0.2) is 24.2 Å². The van der Waals surface area contributed by atoms with Crippen LogP contribution in [0.5, 0.6) is 5.75 Å². The Kier molecular flexibility index (Phi) is 5.26. The summed E-state index contributed by atoms with van der Waals surface area (Å²) in [6.45, 7) is 5.05. The van der Waals surface area contributed by atoms with Crippen molar-refractivity contribution < 1.29 is 19.4 Å². The van der Waals surface area contributed by atoms with Gasteiger partial charge in [-0.3, -0.25) is 10.1 Å². The third kappa shape index (κ3) is 5.67. The highest BCUT2D eigenvalue weighted by atomic mass is 17.2. The smallest absolute Gasteiger partial charge is 0.237 e. The fourth-order valence-corrected chi connectivity index (χ4v) is 1.37. The summed E-state index contributed by atoms with van der Waals surface area (Å²) in [4.78, 5) is 20.6. The lowest BCUT2D eigenvalue weighted by Gasteiger charge is -2.21. The number of nitro groups is 1. The summed E-state index contributed by atoms with van der Waals surface area (Å²) >= 11 is 0. The maximum atomic E-state index is 10.7. The summed E-state index contributed by atoms with van der Waals surface area (Å²) in [5.74, 6) is 0.616. The van der Waals surface area contributed by atoms with Gasteiger partial charge in [0.1, 0.15) is 5.75 Å². The predicted molar refractivity (Wildman–Crippen MR) is 69.5 cm³/mol. The molecule has 0 aromatic heterocycles. The van der Waals surface area contributed by atoms with Crippen molar-refractivity contribution in [2.24, 2.45) is 0 Å². The van der Waals surface area contributed by atoms with Gasteiger partial charge in [0, 0.05) is 4.92 Å². The summed E-state index contributed by atoms with van der Waals surface area (Å²) in [5.41, 5.74) is 0.105. The monoisotopic (exact) mass is 269 g/mol. The minimum atomic E-state index is -0.774. The first kappa shape index (κ1) is 15.4. The van der Waals surface area contributed by atoms with Crippen LogP contribution in [0.4, 0.5) is 0 Å². The van der Waals surface area contributed by atoms with Gasteiger partial charge in [0.15, 0.2) is 6.10 Å². The minimum absolute atomic E-state index is 0.372. The van der Waals surface area contributed by atoms with Gasteiger partial charge >= 0.3 is 0 Å². The number of methoxy groups -OCH3 is 1. The second-order valence-corrected chi connectivity index (χ2v) is 5.07. The Morgan fingerprint density at radius 2 is 2.05 bits per heavy atom. The molecule has 0 radical (unpaired) electrons. The quantitative estimate of drug-likeness (QED) is 0.451. The van der Waals surface area contributed by atoms with Crippen molar-refractivity contribution in [3.63, 3.8) is 0 Å². The first-order chi connectivity index (χ1) is 8.81. The highest BCUT2D eigenvalue weighted by molar-refractivity contribution is 5.29. The molecule has 1 aromatic carbocycles. The maximum Gasteiger partial charge on any atom is 0.237 e. The summed E-state index contributed by atoms with van der Waals surface area (Å²) in [6, 6.07) is 6.95. The van der Waals surface area contributed by atoms with E-state index >= 15 is 0 Å². The van der Waals surface area contributed by atoms with Gasteiger partial charge in [-0.05, 0) is 38.5 Å². The van der Waals surface area contributed by atoms with E-state index in [9.17, 15) is 10.1 Å². The zero-order valence-corrected chi connectivity index (χ0v) is 11.6. The van der Waals surface area contributed by atoms with E-state index in [1.165, 1.54) is 7.11 Å². The van der Waals surface area contributed by atoms with Crippen LogP contribution in [-0.2, 0) is 9.78 Å². The zero-order valence-electron chi connectivity index (χ0n) is 11.6. The largest absolute Gasteiger partial charge is 0.497 e. The van der Waals surface area contributed by atoms with Gasteiger partial charge in [0.25, 0.3) is 0 Å². The van der Waals surface area contributed by atoms with Crippen LogP contribution in [0.3, 0.4) is 0 Å². The third-order valence-corrected chi connectivity index (χ3v) is 2.19. The van der Waals surface area contributed by atoms with Gasteiger partial charge in [-0.1, -0.05) is 12.1 Å². The molecule has 0 unspecified atom stereocenters. The van der Waals surface area contributed by atoms with Crippen molar-refractivity contribution in [1.82, 2.24) is 0 Å². The fraction of sp³-hybridized carbons (Fsp3) is 0.538. The molecule has 1 atom stereocenters. The normalized spacial score (nSPS) is 13.1. The van der Waals surface area contributed by atoms with E-state index in [2.05, 4.69) is 0 Å². The Bertz CT molecular complexity index is 427. The minimum Gasteiger partial charge on any atom is -0.497 e. The van der Waals surface area contributed by atoms with Crippen molar-refractivity contribution in [3.05, 3.63) is 39.9 Å². The topological polar surface area (TPSA) is 70.8 Å². The molecule has 0 aliphatic rings. The van der Waals surface area contributed by atoms with Crippen molar-refractivity contribution >= 4 is 0 Å². The first-order valence-electron chi connectivity index (χ1n) is 5.92. The second-order valence-electron chi connectivity index (χ2n) is 5.07. The van der Waals surface area contributed by atoms with E-state index in [0.717, 1.165) is 0 Å². The molecule has 1 aromatic rings. The van der Waals surface area contributed by atoms with Gasteiger partial charge in [-0.25, -0.2) is 9.78 Å². The molecule has 0 fully saturated rings. The lowest BCUT2D eigenvalue weighted by molar-refractivity contribution is -0.513. The molecule has 0 spiro atoms. The van der Waals surface area contributed by atoms with Crippen molar-refractivity contribution in [2.75, 3.05) is 13.7 Å². The molecule has 0 aliphatic heterocycles. The molecule has 106 valence electrons. The van der Waals surface area contributed by atoms with Crippen molar-refractivity contribution in [1.29, 1.82) is 0 Å². The Morgan fingerprint density at radius 1 is 1.37 bits per heavy atom. The predicted octanol–water partition coefficient (Wildman–Crippen LogP) is 2.76. The molecule has 0 N–H and O–H groups in total. The summed E-state index contributed by atoms with van der Waals surface area (Å²) in [5, 5.41) is 10.7. The molecule has 0 saturated carbocycles. The van der Waals surface area contributed by atoms with Crippen LogP contribution >= 0.6 is 0 Å². The SMILES string of the molecule is COc1cccc([C@@H](C[N+](=O)[O-])OOC(C)(C)C)c1. The second kappa shape index (κ2) is 6.49. The van der Waals surface area contributed by atoms with E-state index in [1.807, 2.05) is 20.8 Å². The van der Waals surface area contributed by atoms with Crippen LogP contribution < -0.4 is 4.74 Å². The van der Waals surface area contributed by atoms with Crippen LogP contribution in [0.25, 0.3) is 0 Å². The number of hydrogen-bond donors (Lipinski definition) is 0. The highest BCUT2D eigenvalue weighted by Crippen LogP contribution is 2.24. The lowest BCUT2D eigenvalue weighted by Crippen LogP contribution is -2.24. The average molecular weight is 269 g/mol. The van der Waals surface area contributed by atoms with Gasteiger partial charge in [-0.2, -0.15) is 0 Å². The van der Waals surface area contributed by atoms with Gasteiger partial charge in [-0.15, -0.1) is 0 Å². The Morgan fingerprint density at radius 3 is 2.58 bits per heavy atom. The Balaban J connectivity index is 2.85. The molecule has 0 amide bonds. The number of ether oxygens (including phenoxy) is 1. The summed E-state index contributed by atoms with van der Waals surface area (Å²) < 4.78 is 5.09. The number of benzene rings is 1. The van der Waals surface area contributed by atoms with E-state index in [-0.39, 0.29) is 6.54 Å². The summed E-state index contributed by atoms with van der Waals surface area (Å²) in [6.07, 6.45) is -0.774. The molecule has 0 aliphatic carbocycles.